The highest BCUT2D eigenvalue weighted by molar-refractivity contribution is 6.09. The van der Waals surface area contributed by atoms with E-state index in [4.69, 9.17) is 16.7 Å². The minimum Gasteiger partial charge on any atom is -0.409 e. The maximum atomic E-state index is 13.8. The third-order valence-corrected chi connectivity index (χ3v) is 3.19. The molecule has 9 heteroatoms. The molecule has 0 aliphatic carbocycles. The Morgan fingerprint density at radius 2 is 2.09 bits per heavy atom. The fraction of sp³-hybridized carbons (Fsp3) is 0.0769. The first-order valence-electron chi connectivity index (χ1n) is 6.30. The van der Waals surface area contributed by atoms with Crippen molar-refractivity contribution in [2.24, 2.45) is 10.9 Å². The van der Waals surface area contributed by atoms with Crippen LogP contribution in [0.5, 0.6) is 0 Å². The highest BCUT2D eigenvalue weighted by Crippen LogP contribution is 2.22. The molecule has 0 aliphatic heterocycles. The van der Waals surface area contributed by atoms with E-state index in [0.29, 0.717) is 16.6 Å². The van der Waals surface area contributed by atoms with Crippen LogP contribution in [0.1, 0.15) is 11.3 Å². The maximum absolute atomic E-state index is 13.8. The molecule has 0 aliphatic rings. The molecule has 0 bridgehead atoms. The number of nitrogens with two attached hydrogens (primary N) is 2. The fourth-order valence-corrected chi connectivity index (χ4v) is 2.16. The summed E-state index contributed by atoms with van der Waals surface area (Å²) >= 11 is 0. The van der Waals surface area contributed by atoms with E-state index in [1.165, 1.54) is 17.1 Å². The zero-order valence-corrected chi connectivity index (χ0v) is 11.3. The lowest BCUT2D eigenvalue weighted by Gasteiger charge is -2.04. The number of halogens is 1. The predicted molar refractivity (Wildman–Crippen MR) is 77.7 cm³/mol. The summed E-state index contributed by atoms with van der Waals surface area (Å²) in [6.45, 7) is 0.123. The van der Waals surface area contributed by atoms with E-state index in [-0.39, 0.29) is 29.7 Å². The smallest absolute Gasteiger partial charge is 0.191 e. The number of nitrogens with zero attached hydrogens (tertiary/aromatic N) is 5. The van der Waals surface area contributed by atoms with Gasteiger partial charge in [-0.15, -0.1) is 0 Å². The van der Waals surface area contributed by atoms with Crippen LogP contribution in [-0.2, 0) is 6.54 Å². The van der Waals surface area contributed by atoms with E-state index in [1.54, 1.807) is 18.2 Å². The van der Waals surface area contributed by atoms with E-state index in [0.717, 1.165) is 0 Å². The zero-order chi connectivity index (χ0) is 15.7. The molecule has 0 unspecified atom stereocenters. The molecule has 2 aromatic heterocycles. The van der Waals surface area contributed by atoms with Crippen molar-refractivity contribution < 1.29 is 9.60 Å². The average Bonchev–Trinajstić information content (AvgIpc) is 2.89. The van der Waals surface area contributed by atoms with E-state index in [1.807, 2.05) is 0 Å². The Balaban J connectivity index is 2.19. The zero-order valence-electron chi connectivity index (χ0n) is 11.3. The van der Waals surface area contributed by atoms with Crippen molar-refractivity contribution in [3.8, 4) is 0 Å². The molecule has 3 aromatic rings. The van der Waals surface area contributed by atoms with Crippen molar-refractivity contribution in [2.75, 3.05) is 5.73 Å². The van der Waals surface area contributed by atoms with Gasteiger partial charge in [-0.1, -0.05) is 23.4 Å². The predicted octanol–water partition coefficient (Wildman–Crippen LogP) is 0.690. The van der Waals surface area contributed by atoms with Gasteiger partial charge in [0.2, 0.25) is 0 Å². The van der Waals surface area contributed by atoms with Crippen LogP contribution in [-0.4, -0.2) is 30.8 Å². The minimum atomic E-state index is -0.362. The van der Waals surface area contributed by atoms with E-state index < -0.39 is 0 Å². The largest absolute Gasteiger partial charge is 0.409 e. The van der Waals surface area contributed by atoms with Gasteiger partial charge in [0, 0.05) is 5.56 Å². The van der Waals surface area contributed by atoms with Crippen molar-refractivity contribution in [1.29, 1.82) is 0 Å². The molecular formula is C13H12FN7O. The number of aromatic nitrogens is 4. The number of hydrogen-bond acceptors (Lipinski definition) is 6. The summed E-state index contributed by atoms with van der Waals surface area (Å²) in [4.78, 5) is 7.97. The molecule has 8 nitrogen and oxygen atoms in total. The Hall–Kier alpha value is -3.23. The van der Waals surface area contributed by atoms with Gasteiger partial charge in [-0.2, -0.15) is 5.10 Å². The lowest BCUT2D eigenvalue weighted by Crippen LogP contribution is -2.15. The molecule has 3 rings (SSSR count). The highest BCUT2D eigenvalue weighted by atomic mass is 19.1. The molecular weight excluding hydrogens is 289 g/mol. The second-order valence-corrected chi connectivity index (χ2v) is 4.54. The van der Waals surface area contributed by atoms with Gasteiger partial charge in [0.25, 0.3) is 0 Å². The van der Waals surface area contributed by atoms with Crippen molar-refractivity contribution in [1.82, 2.24) is 19.7 Å². The number of fused-ring (bicyclic) bond motifs is 1. The topological polar surface area (TPSA) is 128 Å². The lowest BCUT2D eigenvalue weighted by atomic mass is 10.2. The molecule has 0 saturated carbocycles. The highest BCUT2D eigenvalue weighted by Gasteiger charge is 2.19. The third-order valence-electron chi connectivity index (χ3n) is 3.19. The van der Waals surface area contributed by atoms with E-state index >= 15 is 0 Å². The summed E-state index contributed by atoms with van der Waals surface area (Å²) in [5.41, 5.74) is 12.4. The normalized spacial score (nSPS) is 12.0. The lowest BCUT2D eigenvalue weighted by molar-refractivity contribution is 0.318. The van der Waals surface area contributed by atoms with Gasteiger partial charge in [0.1, 0.15) is 23.7 Å². The van der Waals surface area contributed by atoms with E-state index in [9.17, 15) is 4.39 Å². The van der Waals surface area contributed by atoms with Gasteiger partial charge < -0.3 is 16.7 Å². The number of anilines is 1. The number of oxime groups is 1. The van der Waals surface area contributed by atoms with E-state index in [2.05, 4.69) is 20.2 Å². The molecule has 5 N–H and O–H groups in total. The number of amidine groups is 1. The standard InChI is InChI=1S/C13H12FN7O/c14-8-4-2-1-3-7(8)5-21-13-9(11(15)17-6-18-13)10(19-21)12(16)20-22/h1-4,6,22H,5H2,(H2,16,20)(H2,15,17,18). The number of nitrogen functional groups attached to an aromatic ring is 1. The van der Waals surface area contributed by atoms with Gasteiger partial charge in [-0.3, -0.25) is 0 Å². The molecule has 112 valence electrons. The first-order chi connectivity index (χ1) is 10.6. The van der Waals surface area contributed by atoms with Gasteiger partial charge in [-0.05, 0) is 6.07 Å². The Labute approximate surface area is 123 Å². The second kappa shape index (κ2) is 5.28. The summed E-state index contributed by atoms with van der Waals surface area (Å²) in [7, 11) is 0. The first kappa shape index (κ1) is 13.7. The van der Waals surface area contributed by atoms with Gasteiger partial charge in [0.05, 0.1) is 11.9 Å². The van der Waals surface area contributed by atoms with Crippen molar-refractivity contribution in [3.05, 3.63) is 47.7 Å². The Morgan fingerprint density at radius 1 is 1.32 bits per heavy atom. The number of rotatable bonds is 3. The van der Waals surface area contributed by atoms with Gasteiger partial charge in [0.15, 0.2) is 11.5 Å². The fourth-order valence-electron chi connectivity index (χ4n) is 2.16. The molecule has 0 amide bonds. The van der Waals surface area contributed by atoms with Crippen molar-refractivity contribution in [2.45, 2.75) is 6.54 Å². The molecule has 0 fully saturated rings. The number of benzene rings is 1. The van der Waals surface area contributed by atoms with Gasteiger partial charge >= 0.3 is 0 Å². The van der Waals surface area contributed by atoms with Crippen LogP contribution in [0.3, 0.4) is 0 Å². The number of hydrogen-bond donors (Lipinski definition) is 3. The molecule has 0 saturated heterocycles. The maximum Gasteiger partial charge on any atom is 0.191 e. The Kier molecular flexibility index (Phi) is 3.30. The summed E-state index contributed by atoms with van der Waals surface area (Å²) in [5.74, 6) is -0.441. The monoisotopic (exact) mass is 301 g/mol. The molecule has 1 aromatic carbocycles. The summed E-state index contributed by atoms with van der Waals surface area (Å²) in [6.07, 6.45) is 1.27. The van der Waals surface area contributed by atoms with Gasteiger partial charge in [-0.25, -0.2) is 19.0 Å². The van der Waals surface area contributed by atoms with Crippen LogP contribution < -0.4 is 11.5 Å². The van der Waals surface area contributed by atoms with Crippen LogP contribution >= 0.6 is 0 Å². The summed E-state index contributed by atoms with van der Waals surface area (Å²) < 4.78 is 15.2. The van der Waals surface area contributed by atoms with Crippen molar-refractivity contribution in [3.63, 3.8) is 0 Å². The first-order valence-corrected chi connectivity index (χ1v) is 6.30. The molecule has 0 radical (unpaired) electrons. The Bertz CT molecular complexity index is 874. The van der Waals surface area contributed by atoms with Crippen LogP contribution in [0.2, 0.25) is 0 Å². The SMILES string of the molecule is N/C(=N\O)c1nn(Cc2ccccc2F)c2ncnc(N)c12. The molecule has 2 heterocycles. The third kappa shape index (κ3) is 2.18. The molecule has 0 atom stereocenters. The summed E-state index contributed by atoms with van der Waals surface area (Å²) in [6, 6.07) is 6.31. The van der Waals surface area contributed by atoms with Crippen molar-refractivity contribution >= 4 is 22.7 Å². The second-order valence-electron chi connectivity index (χ2n) is 4.54. The van der Waals surface area contributed by atoms with Crippen LogP contribution in [0.15, 0.2) is 35.7 Å². The molecule has 0 spiro atoms. The quantitative estimate of drug-likeness (QED) is 0.282. The minimum absolute atomic E-state index is 0.123. The Morgan fingerprint density at radius 3 is 2.82 bits per heavy atom. The van der Waals surface area contributed by atoms with Crippen LogP contribution in [0, 0.1) is 5.82 Å². The average molecular weight is 301 g/mol. The molecule has 22 heavy (non-hydrogen) atoms. The summed E-state index contributed by atoms with van der Waals surface area (Å²) in [5, 5.41) is 16.3. The van der Waals surface area contributed by atoms with Crippen LogP contribution in [0.4, 0.5) is 10.2 Å². The van der Waals surface area contributed by atoms with Crippen LogP contribution in [0.25, 0.3) is 11.0 Å².